The standard InChI is InChI=1S/C22H15N3/c1-3-9-15(10-4-1)20-19-17-13-7-8-14-18(17)23-22(19)25-21(24-20)16-11-5-2-6-12-16/h1-14H,(H,23,24,25). The Morgan fingerprint density at radius 3 is 2.00 bits per heavy atom. The molecule has 0 spiro atoms. The minimum Gasteiger partial charge on any atom is -0.339 e. The van der Waals surface area contributed by atoms with Gasteiger partial charge in [0.15, 0.2) is 5.82 Å². The maximum absolute atomic E-state index is 4.93. The molecule has 5 aromatic rings. The number of aromatic amines is 1. The third-order valence-corrected chi connectivity index (χ3v) is 4.44. The minimum atomic E-state index is 0.735. The second-order valence-electron chi connectivity index (χ2n) is 6.02. The average molecular weight is 321 g/mol. The van der Waals surface area contributed by atoms with E-state index < -0.39 is 0 Å². The van der Waals surface area contributed by atoms with Crippen LogP contribution < -0.4 is 0 Å². The summed E-state index contributed by atoms with van der Waals surface area (Å²) in [6.07, 6.45) is 0. The van der Waals surface area contributed by atoms with Crippen molar-refractivity contribution in [1.29, 1.82) is 0 Å². The number of aromatic nitrogens is 3. The summed E-state index contributed by atoms with van der Waals surface area (Å²) in [4.78, 5) is 13.2. The SMILES string of the molecule is c1ccc(-c2nc(-c3ccccc3)c3c(n2)[nH]c2ccccc23)cc1. The first-order valence-corrected chi connectivity index (χ1v) is 8.29. The molecule has 0 atom stereocenters. The maximum Gasteiger partial charge on any atom is 0.162 e. The lowest BCUT2D eigenvalue weighted by Crippen LogP contribution is -1.94. The zero-order valence-corrected chi connectivity index (χ0v) is 13.5. The lowest BCUT2D eigenvalue weighted by atomic mass is 10.1. The van der Waals surface area contributed by atoms with Crippen LogP contribution in [0.3, 0.4) is 0 Å². The Morgan fingerprint density at radius 2 is 1.24 bits per heavy atom. The summed E-state index contributed by atoms with van der Waals surface area (Å²) in [7, 11) is 0. The number of fused-ring (bicyclic) bond motifs is 3. The molecule has 0 saturated carbocycles. The summed E-state index contributed by atoms with van der Waals surface area (Å²) >= 11 is 0. The van der Waals surface area contributed by atoms with Gasteiger partial charge in [0.2, 0.25) is 0 Å². The number of rotatable bonds is 2. The Morgan fingerprint density at radius 1 is 0.600 bits per heavy atom. The molecule has 5 rings (SSSR count). The molecular weight excluding hydrogens is 306 g/mol. The second-order valence-corrected chi connectivity index (χ2v) is 6.02. The van der Waals surface area contributed by atoms with E-state index in [0.29, 0.717) is 0 Å². The van der Waals surface area contributed by atoms with Crippen LogP contribution in [-0.2, 0) is 0 Å². The van der Waals surface area contributed by atoms with Crippen LogP contribution in [0.4, 0.5) is 0 Å². The predicted octanol–water partition coefficient (Wildman–Crippen LogP) is 5.45. The molecule has 3 nitrogen and oxygen atoms in total. The van der Waals surface area contributed by atoms with Crippen molar-refractivity contribution in [1.82, 2.24) is 15.0 Å². The van der Waals surface area contributed by atoms with E-state index in [1.807, 2.05) is 54.6 Å². The Hall–Kier alpha value is -3.46. The molecule has 0 amide bonds. The van der Waals surface area contributed by atoms with E-state index in [1.165, 1.54) is 0 Å². The third-order valence-electron chi connectivity index (χ3n) is 4.44. The van der Waals surface area contributed by atoms with Crippen molar-refractivity contribution in [2.45, 2.75) is 0 Å². The van der Waals surface area contributed by atoms with E-state index in [-0.39, 0.29) is 0 Å². The Balaban J connectivity index is 1.90. The molecule has 118 valence electrons. The van der Waals surface area contributed by atoms with Crippen LogP contribution in [0.25, 0.3) is 44.6 Å². The molecule has 3 aromatic carbocycles. The molecule has 0 bridgehead atoms. The molecule has 0 fully saturated rings. The highest BCUT2D eigenvalue weighted by Crippen LogP contribution is 2.34. The molecule has 0 radical (unpaired) electrons. The first-order valence-electron chi connectivity index (χ1n) is 8.29. The van der Waals surface area contributed by atoms with Gasteiger partial charge in [0.25, 0.3) is 0 Å². The molecule has 0 saturated heterocycles. The van der Waals surface area contributed by atoms with Crippen molar-refractivity contribution < 1.29 is 0 Å². The fourth-order valence-electron chi connectivity index (χ4n) is 3.27. The van der Waals surface area contributed by atoms with Gasteiger partial charge >= 0.3 is 0 Å². The molecule has 25 heavy (non-hydrogen) atoms. The predicted molar refractivity (Wildman–Crippen MR) is 102 cm³/mol. The van der Waals surface area contributed by atoms with Crippen molar-refractivity contribution in [3.63, 3.8) is 0 Å². The van der Waals surface area contributed by atoms with Gasteiger partial charge in [-0.3, -0.25) is 0 Å². The fraction of sp³-hybridized carbons (Fsp3) is 0. The second kappa shape index (κ2) is 5.56. The summed E-state index contributed by atoms with van der Waals surface area (Å²) in [6, 6.07) is 28.7. The lowest BCUT2D eigenvalue weighted by molar-refractivity contribution is 1.21. The molecule has 0 aliphatic carbocycles. The quantitative estimate of drug-likeness (QED) is 0.470. The highest BCUT2D eigenvalue weighted by molar-refractivity contribution is 6.12. The van der Waals surface area contributed by atoms with Gasteiger partial charge in [0.05, 0.1) is 11.1 Å². The normalized spacial score (nSPS) is 11.2. The molecule has 2 aromatic heterocycles. The number of H-pyrrole nitrogens is 1. The summed E-state index contributed by atoms with van der Waals surface area (Å²) in [5.41, 5.74) is 5.02. The van der Waals surface area contributed by atoms with Gasteiger partial charge in [-0.1, -0.05) is 78.9 Å². The molecule has 1 N–H and O–H groups in total. The van der Waals surface area contributed by atoms with Crippen molar-refractivity contribution in [2.75, 3.05) is 0 Å². The zero-order chi connectivity index (χ0) is 16.6. The highest BCUT2D eigenvalue weighted by atomic mass is 15.0. The number of nitrogens with one attached hydrogen (secondary N) is 1. The van der Waals surface area contributed by atoms with Gasteiger partial charge in [-0.25, -0.2) is 9.97 Å². The molecular formula is C22H15N3. The van der Waals surface area contributed by atoms with Crippen LogP contribution in [0.5, 0.6) is 0 Å². The summed E-state index contributed by atoms with van der Waals surface area (Å²) in [5, 5.41) is 2.22. The topological polar surface area (TPSA) is 41.6 Å². The molecule has 0 aliphatic heterocycles. The van der Waals surface area contributed by atoms with E-state index >= 15 is 0 Å². The molecule has 0 unspecified atom stereocenters. The van der Waals surface area contributed by atoms with Crippen molar-refractivity contribution in [3.8, 4) is 22.6 Å². The van der Waals surface area contributed by atoms with Crippen LogP contribution >= 0.6 is 0 Å². The smallest absolute Gasteiger partial charge is 0.162 e. The summed E-state index contributed by atoms with van der Waals surface area (Å²) < 4.78 is 0. The van der Waals surface area contributed by atoms with Gasteiger partial charge in [-0.05, 0) is 6.07 Å². The summed E-state index contributed by atoms with van der Waals surface area (Å²) in [5.74, 6) is 0.735. The van der Waals surface area contributed by atoms with Crippen LogP contribution in [0.2, 0.25) is 0 Å². The van der Waals surface area contributed by atoms with Crippen LogP contribution in [0.15, 0.2) is 84.9 Å². The monoisotopic (exact) mass is 321 g/mol. The van der Waals surface area contributed by atoms with E-state index in [9.17, 15) is 0 Å². The number of hydrogen-bond acceptors (Lipinski definition) is 2. The van der Waals surface area contributed by atoms with Crippen LogP contribution in [0, 0.1) is 0 Å². The van der Waals surface area contributed by atoms with E-state index in [1.54, 1.807) is 0 Å². The van der Waals surface area contributed by atoms with Crippen LogP contribution in [-0.4, -0.2) is 15.0 Å². The van der Waals surface area contributed by atoms with Gasteiger partial charge in [-0.2, -0.15) is 0 Å². The number of para-hydroxylation sites is 1. The third kappa shape index (κ3) is 2.29. The number of benzene rings is 3. The zero-order valence-electron chi connectivity index (χ0n) is 13.5. The Labute approximate surface area is 145 Å². The maximum atomic E-state index is 4.93. The van der Waals surface area contributed by atoms with E-state index in [4.69, 9.17) is 9.97 Å². The average Bonchev–Trinajstić information content (AvgIpc) is 3.07. The van der Waals surface area contributed by atoms with Crippen molar-refractivity contribution in [2.24, 2.45) is 0 Å². The van der Waals surface area contributed by atoms with Gasteiger partial charge in [0.1, 0.15) is 5.65 Å². The van der Waals surface area contributed by atoms with Gasteiger partial charge in [-0.15, -0.1) is 0 Å². The molecule has 2 heterocycles. The van der Waals surface area contributed by atoms with Crippen molar-refractivity contribution >= 4 is 21.9 Å². The Kier molecular flexibility index (Phi) is 3.10. The first-order chi connectivity index (χ1) is 12.4. The number of hydrogen-bond donors (Lipinski definition) is 1. The molecule has 3 heteroatoms. The van der Waals surface area contributed by atoms with E-state index in [0.717, 1.165) is 44.6 Å². The first kappa shape index (κ1) is 13.9. The van der Waals surface area contributed by atoms with Gasteiger partial charge < -0.3 is 4.98 Å². The number of nitrogens with zero attached hydrogens (tertiary/aromatic N) is 2. The van der Waals surface area contributed by atoms with Crippen LogP contribution in [0.1, 0.15) is 0 Å². The van der Waals surface area contributed by atoms with Crippen molar-refractivity contribution in [3.05, 3.63) is 84.9 Å². The minimum absolute atomic E-state index is 0.735. The molecule has 0 aliphatic rings. The van der Waals surface area contributed by atoms with E-state index in [2.05, 4.69) is 35.3 Å². The highest BCUT2D eigenvalue weighted by Gasteiger charge is 2.15. The fourth-order valence-corrected chi connectivity index (χ4v) is 3.27. The lowest BCUT2D eigenvalue weighted by Gasteiger charge is -2.07. The van der Waals surface area contributed by atoms with Gasteiger partial charge in [0, 0.05) is 22.0 Å². The summed E-state index contributed by atoms with van der Waals surface area (Å²) in [6.45, 7) is 0. The Bertz CT molecular complexity index is 1180. The largest absolute Gasteiger partial charge is 0.339 e.